The molecule has 0 saturated carbocycles. The second-order valence-corrected chi connectivity index (χ2v) is 6.47. The molecule has 20 heavy (non-hydrogen) atoms. The number of hydrogen-bond donors (Lipinski definition) is 0. The Kier molecular flexibility index (Phi) is 6.05. The lowest BCUT2D eigenvalue weighted by atomic mass is 10.2. The average Bonchev–Trinajstić information content (AvgIpc) is 2.76. The zero-order chi connectivity index (χ0) is 15.2. The molecule has 112 valence electrons. The minimum absolute atomic E-state index is 0.170. The summed E-state index contributed by atoms with van der Waals surface area (Å²) in [7, 11) is 0. The normalized spacial score (nSPS) is 18.2. The number of amides is 1. The fraction of sp³-hybridized carbons (Fsp3) is 0.588. The van der Waals surface area contributed by atoms with E-state index in [2.05, 4.69) is 26.0 Å². The zero-order valence-corrected chi connectivity index (χ0v) is 13.3. The Balaban J connectivity index is 0.000000240. The fourth-order valence-electron chi connectivity index (χ4n) is 1.96. The van der Waals surface area contributed by atoms with Gasteiger partial charge in [0.15, 0.2) is 0 Å². The van der Waals surface area contributed by atoms with Crippen LogP contribution in [0.2, 0.25) is 0 Å². The lowest BCUT2D eigenvalue weighted by molar-refractivity contribution is 0.0289. The zero-order valence-electron chi connectivity index (χ0n) is 13.3. The minimum atomic E-state index is -0.372. The second kappa shape index (κ2) is 7.32. The van der Waals surface area contributed by atoms with Crippen molar-refractivity contribution in [1.29, 1.82) is 0 Å². The lowest BCUT2D eigenvalue weighted by Crippen LogP contribution is -2.35. The molecule has 1 aliphatic heterocycles. The second-order valence-electron chi connectivity index (χ2n) is 6.47. The Morgan fingerprint density at radius 3 is 2.20 bits per heavy atom. The highest BCUT2D eigenvalue weighted by atomic mass is 16.6. The third kappa shape index (κ3) is 6.60. The van der Waals surface area contributed by atoms with Crippen LogP contribution in [0, 0.1) is 12.8 Å². The van der Waals surface area contributed by atoms with Gasteiger partial charge in [0.1, 0.15) is 5.60 Å². The van der Waals surface area contributed by atoms with E-state index in [-0.39, 0.29) is 11.7 Å². The van der Waals surface area contributed by atoms with Crippen LogP contribution in [0.15, 0.2) is 30.3 Å². The predicted molar refractivity (Wildman–Crippen MR) is 82.8 cm³/mol. The topological polar surface area (TPSA) is 29.5 Å². The van der Waals surface area contributed by atoms with E-state index in [1.807, 2.05) is 39.0 Å². The summed E-state index contributed by atoms with van der Waals surface area (Å²) in [6.07, 6.45) is 0.927. The third-order valence-electron chi connectivity index (χ3n) is 3.02. The van der Waals surface area contributed by atoms with Crippen LogP contribution in [0.4, 0.5) is 4.79 Å². The van der Waals surface area contributed by atoms with Crippen LogP contribution in [-0.4, -0.2) is 29.7 Å². The van der Waals surface area contributed by atoms with E-state index < -0.39 is 0 Å². The molecule has 1 unspecified atom stereocenters. The van der Waals surface area contributed by atoms with Crippen molar-refractivity contribution in [2.75, 3.05) is 13.1 Å². The number of hydrogen-bond acceptors (Lipinski definition) is 2. The molecule has 3 nitrogen and oxygen atoms in total. The number of ether oxygens (including phenoxy) is 1. The van der Waals surface area contributed by atoms with Crippen molar-refractivity contribution >= 4 is 6.09 Å². The molecule has 0 spiro atoms. The van der Waals surface area contributed by atoms with Gasteiger partial charge in [-0.2, -0.15) is 0 Å². The molecule has 1 aliphatic rings. The van der Waals surface area contributed by atoms with Gasteiger partial charge in [-0.05, 0) is 40.0 Å². The Bertz CT molecular complexity index is 409. The van der Waals surface area contributed by atoms with Crippen LogP contribution in [-0.2, 0) is 4.74 Å². The standard InChI is InChI=1S/C10H19NO2.C7H8/c1-8-5-6-11(7-8)9(12)13-10(2,3)4;1-7-5-3-2-4-6-7/h8H,5-7H2,1-4H3;2-6H,1H3. The molecule has 1 heterocycles. The molecule has 1 saturated heterocycles. The molecular formula is C17H27NO2. The number of carbonyl (C=O) groups excluding carboxylic acids is 1. The van der Waals surface area contributed by atoms with Gasteiger partial charge in [-0.1, -0.05) is 42.8 Å². The summed E-state index contributed by atoms with van der Waals surface area (Å²) < 4.78 is 5.26. The van der Waals surface area contributed by atoms with Crippen LogP contribution in [0.1, 0.15) is 39.7 Å². The van der Waals surface area contributed by atoms with Crippen molar-refractivity contribution in [1.82, 2.24) is 4.90 Å². The van der Waals surface area contributed by atoms with Gasteiger partial charge < -0.3 is 9.64 Å². The molecule has 0 radical (unpaired) electrons. The quantitative estimate of drug-likeness (QED) is 0.709. The van der Waals surface area contributed by atoms with Crippen molar-refractivity contribution in [3.05, 3.63) is 35.9 Å². The van der Waals surface area contributed by atoms with Gasteiger partial charge in [-0.15, -0.1) is 0 Å². The van der Waals surface area contributed by atoms with Crippen LogP contribution in [0.3, 0.4) is 0 Å². The van der Waals surface area contributed by atoms with Gasteiger partial charge in [0, 0.05) is 13.1 Å². The SMILES string of the molecule is CC1CCN(C(=O)OC(C)(C)C)C1.Cc1ccccc1. The molecular weight excluding hydrogens is 250 g/mol. The molecule has 0 N–H and O–H groups in total. The van der Waals surface area contributed by atoms with Gasteiger partial charge in [0.2, 0.25) is 0 Å². The maximum atomic E-state index is 11.5. The summed E-state index contributed by atoms with van der Waals surface area (Å²) in [4.78, 5) is 13.3. The summed E-state index contributed by atoms with van der Waals surface area (Å²) in [5.41, 5.74) is 0.950. The molecule has 0 aliphatic carbocycles. The highest BCUT2D eigenvalue weighted by molar-refractivity contribution is 5.68. The number of likely N-dealkylation sites (tertiary alicyclic amines) is 1. The van der Waals surface area contributed by atoms with E-state index in [1.54, 1.807) is 4.90 Å². The van der Waals surface area contributed by atoms with Crippen LogP contribution < -0.4 is 0 Å². The van der Waals surface area contributed by atoms with E-state index in [1.165, 1.54) is 5.56 Å². The molecule has 3 heteroatoms. The highest BCUT2D eigenvalue weighted by Crippen LogP contribution is 2.18. The number of rotatable bonds is 0. The van der Waals surface area contributed by atoms with E-state index in [0.717, 1.165) is 19.5 Å². The maximum absolute atomic E-state index is 11.5. The first-order valence-electron chi connectivity index (χ1n) is 7.27. The Morgan fingerprint density at radius 1 is 1.25 bits per heavy atom. The summed E-state index contributed by atoms with van der Waals surface area (Å²) in [6, 6.07) is 10.3. The van der Waals surface area contributed by atoms with Gasteiger partial charge in [-0.25, -0.2) is 4.79 Å². The number of nitrogens with zero attached hydrogens (tertiary/aromatic N) is 1. The smallest absolute Gasteiger partial charge is 0.410 e. The predicted octanol–water partition coefficient (Wildman–Crippen LogP) is 4.26. The van der Waals surface area contributed by atoms with Crippen LogP contribution >= 0.6 is 0 Å². The summed E-state index contributed by atoms with van der Waals surface area (Å²) in [5.74, 6) is 0.618. The number of aryl methyl sites for hydroxylation is 1. The molecule has 2 rings (SSSR count). The lowest BCUT2D eigenvalue weighted by Gasteiger charge is -2.24. The van der Waals surface area contributed by atoms with E-state index in [4.69, 9.17) is 4.74 Å². The molecule has 1 atom stereocenters. The molecule has 1 aromatic rings. The van der Waals surface area contributed by atoms with Crippen molar-refractivity contribution < 1.29 is 9.53 Å². The summed E-state index contributed by atoms with van der Waals surface area (Å²) >= 11 is 0. The monoisotopic (exact) mass is 277 g/mol. The van der Waals surface area contributed by atoms with Gasteiger partial charge >= 0.3 is 6.09 Å². The van der Waals surface area contributed by atoms with Crippen molar-refractivity contribution in [3.8, 4) is 0 Å². The van der Waals surface area contributed by atoms with E-state index >= 15 is 0 Å². The fourth-order valence-corrected chi connectivity index (χ4v) is 1.96. The van der Waals surface area contributed by atoms with Crippen LogP contribution in [0.25, 0.3) is 0 Å². The average molecular weight is 277 g/mol. The Morgan fingerprint density at radius 2 is 1.85 bits per heavy atom. The first-order valence-corrected chi connectivity index (χ1v) is 7.27. The van der Waals surface area contributed by atoms with Gasteiger partial charge in [-0.3, -0.25) is 0 Å². The third-order valence-corrected chi connectivity index (χ3v) is 3.02. The molecule has 1 aromatic carbocycles. The first-order chi connectivity index (χ1) is 9.28. The van der Waals surface area contributed by atoms with Gasteiger partial charge in [0.05, 0.1) is 0 Å². The Hall–Kier alpha value is -1.51. The largest absolute Gasteiger partial charge is 0.444 e. The van der Waals surface area contributed by atoms with Crippen molar-refractivity contribution in [3.63, 3.8) is 0 Å². The number of benzene rings is 1. The molecule has 1 amide bonds. The Labute approximate surface area is 122 Å². The van der Waals surface area contributed by atoms with Crippen LogP contribution in [0.5, 0.6) is 0 Å². The first kappa shape index (κ1) is 16.5. The molecule has 0 bridgehead atoms. The summed E-state index contributed by atoms with van der Waals surface area (Å²) in [5, 5.41) is 0. The molecule has 0 aromatic heterocycles. The van der Waals surface area contributed by atoms with E-state index in [9.17, 15) is 4.79 Å². The van der Waals surface area contributed by atoms with E-state index in [0.29, 0.717) is 5.92 Å². The highest BCUT2D eigenvalue weighted by Gasteiger charge is 2.27. The van der Waals surface area contributed by atoms with Crippen molar-refractivity contribution in [2.45, 2.75) is 46.6 Å². The van der Waals surface area contributed by atoms with Gasteiger partial charge in [0.25, 0.3) is 0 Å². The number of carbonyl (C=O) groups is 1. The minimum Gasteiger partial charge on any atom is -0.444 e. The maximum Gasteiger partial charge on any atom is 0.410 e. The summed E-state index contributed by atoms with van der Waals surface area (Å²) in [6.45, 7) is 11.6. The molecule has 1 fully saturated rings. The van der Waals surface area contributed by atoms with Crippen molar-refractivity contribution in [2.24, 2.45) is 5.92 Å².